The third kappa shape index (κ3) is 3.12. The maximum Gasteiger partial charge on any atom is 0.302 e. The number of ether oxygens (including phenoxy) is 2. The van der Waals surface area contributed by atoms with Crippen LogP contribution in [0, 0.1) is 0 Å². The van der Waals surface area contributed by atoms with Crippen LogP contribution in [0.25, 0.3) is 0 Å². The second kappa shape index (κ2) is 4.34. The molecule has 1 aliphatic heterocycles. The van der Waals surface area contributed by atoms with Crippen molar-refractivity contribution >= 4 is 12.3 Å². The molecule has 5 nitrogen and oxygen atoms in total. The van der Waals surface area contributed by atoms with Gasteiger partial charge in [0.1, 0.15) is 18.5 Å². The third-order valence-electron chi connectivity index (χ3n) is 1.78. The van der Waals surface area contributed by atoms with Crippen LogP contribution in [0.2, 0.25) is 0 Å². The highest BCUT2D eigenvalue weighted by Crippen LogP contribution is 2.19. The summed E-state index contributed by atoms with van der Waals surface area (Å²) in [6, 6.07) is 0. The van der Waals surface area contributed by atoms with Crippen molar-refractivity contribution in [3.63, 3.8) is 0 Å². The van der Waals surface area contributed by atoms with E-state index >= 15 is 0 Å². The van der Waals surface area contributed by atoms with Crippen molar-refractivity contribution in [1.29, 1.82) is 0 Å². The zero-order chi connectivity index (χ0) is 9.84. The van der Waals surface area contributed by atoms with Crippen molar-refractivity contribution in [3.8, 4) is 0 Å². The van der Waals surface area contributed by atoms with E-state index in [9.17, 15) is 9.59 Å². The van der Waals surface area contributed by atoms with Crippen molar-refractivity contribution in [2.24, 2.45) is 0 Å². The van der Waals surface area contributed by atoms with Crippen LogP contribution in [0.5, 0.6) is 0 Å². The first kappa shape index (κ1) is 10.1. The lowest BCUT2D eigenvalue weighted by atomic mass is 10.1. The number of aliphatic hydroxyl groups is 1. The summed E-state index contributed by atoms with van der Waals surface area (Å²) in [6.07, 6.45) is -0.971. The Bertz CT molecular complexity index is 203. The molecule has 13 heavy (non-hydrogen) atoms. The molecule has 3 unspecified atom stereocenters. The summed E-state index contributed by atoms with van der Waals surface area (Å²) < 4.78 is 9.70. The zero-order valence-electron chi connectivity index (χ0n) is 7.30. The average Bonchev–Trinajstić information content (AvgIpc) is 2.01. The van der Waals surface area contributed by atoms with Crippen molar-refractivity contribution in [1.82, 2.24) is 0 Å². The number of carbonyl (C=O) groups is 2. The fraction of sp³-hybridized carbons (Fsp3) is 0.750. The Hall–Kier alpha value is -0.940. The first-order valence-corrected chi connectivity index (χ1v) is 4.08. The van der Waals surface area contributed by atoms with Crippen LogP contribution in [0.3, 0.4) is 0 Å². The van der Waals surface area contributed by atoms with Crippen LogP contribution < -0.4 is 0 Å². The molecule has 1 N–H and O–H groups in total. The first-order chi connectivity index (χ1) is 6.11. The van der Waals surface area contributed by atoms with Gasteiger partial charge in [-0.05, 0) is 0 Å². The molecule has 0 amide bonds. The monoisotopic (exact) mass is 188 g/mol. The highest BCUT2D eigenvalue weighted by atomic mass is 16.6. The summed E-state index contributed by atoms with van der Waals surface area (Å²) in [7, 11) is 0. The quantitative estimate of drug-likeness (QED) is 0.472. The Kier molecular flexibility index (Phi) is 3.39. The molecule has 5 heteroatoms. The lowest BCUT2D eigenvalue weighted by Crippen LogP contribution is -2.38. The first-order valence-electron chi connectivity index (χ1n) is 4.08. The lowest BCUT2D eigenvalue weighted by Gasteiger charge is -2.29. The number of hydrogen-bond acceptors (Lipinski definition) is 5. The smallest absolute Gasteiger partial charge is 0.302 e. The van der Waals surface area contributed by atoms with Gasteiger partial charge in [-0.2, -0.15) is 0 Å². The number of esters is 1. The molecule has 0 aromatic rings. The standard InChI is InChI=1S/C8H12O5/c1-5(10)12-6-2-7(4-9)13-8(11)3-6/h4,6-8,11H,2-3H2,1H3. The summed E-state index contributed by atoms with van der Waals surface area (Å²) in [5.74, 6) is -0.413. The molecule has 1 heterocycles. The van der Waals surface area contributed by atoms with E-state index in [1.807, 2.05) is 0 Å². The molecular weight excluding hydrogens is 176 g/mol. The van der Waals surface area contributed by atoms with E-state index in [1.165, 1.54) is 6.92 Å². The fourth-order valence-electron chi connectivity index (χ4n) is 1.31. The van der Waals surface area contributed by atoms with Gasteiger partial charge in [-0.3, -0.25) is 4.79 Å². The van der Waals surface area contributed by atoms with Crippen molar-refractivity contribution in [2.45, 2.75) is 38.3 Å². The van der Waals surface area contributed by atoms with Gasteiger partial charge >= 0.3 is 5.97 Å². The Labute approximate surface area is 75.6 Å². The van der Waals surface area contributed by atoms with Gasteiger partial charge in [0.25, 0.3) is 0 Å². The van der Waals surface area contributed by atoms with Crippen molar-refractivity contribution < 1.29 is 24.2 Å². The van der Waals surface area contributed by atoms with Crippen LogP contribution in [-0.4, -0.2) is 35.9 Å². The Balaban J connectivity index is 2.46. The van der Waals surface area contributed by atoms with Gasteiger partial charge in [-0.15, -0.1) is 0 Å². The van der Waals surface area contributed by atoms with E-state index in [1.54, 1.807) is 0 Å². The van der Waals surface area contributed by atoms with Crippen molar-refractivity contribution in [2.75, 3.05) is 0 Å². The molecule has 0 bridgehead atoms. The molecule has 0 spiro atoms. The minimum atomic E-state index is -1.02. The summed E-state index contributed by atoms with van der Waals surface area (Å²) in [5, 5.41) is 9.12. The van der Waals surface area contributed by atoms with Gasteiger partial charge in [0.05, 0.1) is 0 Å². The summed E-state index contributed by atoms with van der Waals surface area (Å²) in [6.45, 7) is 1.29. The predicted octanol–water partition coefficient (Wildman–Crippen LogP) is -0.386. The second-order valence-corrected chi connectivity index (χ2v) is 2.97. The summed E-state index contributed by atoms with van der Waals surface area (Å²) >= 11 is 0. The largest absolute Gasteiger partial charge is 0.462 e. The normalized spacial score (nSPS) is 33.8. The fourth-order valence-corrected chi connectivity index (χ4v) is 1.31. The molecule has 0 aromatic carbocycles. The minimum Gasteiger partial charge on any atom is -0.462 e. The van der Waals surface area contributed by atoms with Crippen molar-refractivity contribution in [3.05, 3.63) is 0 Å². The van der Waals surface area contributed by atoms with E-state index in [-0.39, 0.29) is 6.42 Å². The number of rotatable bonds is 2. The summed E-state index contributed by atoms with van der Waals surface area (Å²) in [4.78, 5) is 20.9. The van der Waals surface area contributed by atoms with Crippen LogP contribution in [0.4, 0.5) is 0 Å². The van der Waals surface area contributed by atoms with Gasteiger partial charge in [-0.1, -0.05) is 0 Å². The third-order valence-corrected chi connectivity index (χ3v) is 1.78. The number of carbonyl (C=O) groups excluding carboxylic acids is 2. The molecule has 0 aliphatic carbocycles. The average molecular weight is 188 g/mol. The van der Waals surface area contributed by atoms with E-state index in [4.69, 9.17) is 14.6 Å². The van der Waals surface area contributed by atoms with Gasteiger partial charge in [0, 0.05) is 19.8 Å². The molecule has 1 saturated heterocycles. The molecule has 0 aromatic heterocycles. The highest BCUT2D eigenvalue weighted by Gasteiger charge is 2.29. The predicted molar refractivity (Wildman–Crippen MR) is 41.7 cm³/mol. The Morgan fingerprint density at radius 2 is 2.31 bits per heavy atom. The van der Waals surface area contributed by atoms with Crippen LogP contribution in [0.15, 0.2) is 0 Å². The minimum absolute atomic E-state index is 0.226. The molecule has 74 valence electrons. The van der Waals surface area contributed by atoms with E-state index in [0.29, 0.717) is 12.7 Å². The Morgan fingerprint density at radius 3 is 2.85 bits per heavy atom. The lowest BCUT2D eigenvalue weighted by molar-refractivity contribution is -0.196. The van der Waals surface area contributed by atoms with E-state index < -0.39 is 24.5 Å². The molecule has 1 fully saturated rings. The van der Waals surface area contributed by atoms with Crippen LogP contribution in [-0.2, 0) is 19.1 Å². The van der Waals surface area contributed by atoms with Gasteiger partial charge in [0.15, 0.2) is 6.29 Å². The summed E-state index contributed by atoms with van der Waals surface area (Å²) in [5.41, 5.74) is 0. The number of hydrogen-bond donors (Lipinski definition) is 1. The number of aliphatic hydroxyl groups excluding tert-OH is 1. The highest BCUT2D eigenvalue weighted by molar-refractivity contribution is 5.66. The van der Waals surface area contributed by atoms with E-state index in [2.05, 4.69) is 0 Å². The SMILES string of the molecule is CC(=O)OC1CC(O)OC(C=O)C1. The molecule has 0 radical (unpaired) electrons. The van der Waals surface area contributed by atoms with Gasteiger partial charge in [-0.25, -0.2) is 0 Å². The zero-order valence-corrected chi connectivity index (χ0v) is 7.30. The van der Waals surface area contributed by atoms with Crippen LogP contribution >= 0.6 is 0 Å². The van der Waals surface area contributed by atoms with Gasteiger partial charge in [0.2, 0.25) is 0 Å². The molecule has 1 aliphatic rings. The second-order valence-electron chi connectivity index (χ2n) is 2.97. The molecule has 3 atom stereocenters. The molecular formula is C8H12O5. The van der Waals surface area contributed by atoms with Crippen LogP contribution in [0.1, 0.15) is 19.8 Å². The van der Waals surface area contributed by atoms with E-state index in [0.717, 1.165) is 0 Å². The topological polar surface area (TPSA) is 72.8 Å². The maximum absolute atomic E-state index is 10.6. The number of aldehydes is 1. The maximum atomic E-state index is 10.6. The Morgan fingerprint density at radius 1 is 1.62 bits per heavy atom. The van der Waals surface area contributed by atoms with Gasteiger partial charge < -0.3 is 19.4 Å². The molecule has 0 saturated carbocycles. The molecule has 1 rings (SSSR count).